The Bertz CT molecular complexity index is 1460. The van der Waals surface area contributed by atoms with E-state index in [0.717, 1.165) is 32.2 Å². The molecule has 0 aliphatic heterocycles. The van der Waals surface area contributed by atoms with E-state index in [1.165, 1.54) is 22.7 Å². The van der Waals surface area contributed by atoms with Gasteiger partial charge in [0.1, 0.15) is 0 Å². The first kappa shape index (κ1) is 25.6. The number of carbonyl (C=O) groups excluding carboxylic acids is 2. The quantitative estimate of drug-likeness (QED) is 0.196. The summed E-state index contributed by atoms with van der Waals surface area (Å²) in [5.41, 5.74) is 1.99. The van der Waals surface area contributed by atoms with Crippen LogP contribution >= 0.6 is 57.2 Å². The van der Waals surface area contributed by atoms with Gasteiger partial charge in [-0.25, -0.2) is 9.97 Å². The Balaban J connectivity index is 1.17. The number of anilines is 2. The number of hydrogen-bond acceptors (Lipinski definition) is 7. The maximum atomic E-state index is 12.7. The van der Waals surface area contributed by atoms with E-state index in [2.05, 4.69) is 20.6 Å². The summed E-state index contributed by atoms with van der Waals surface area (Å²) in [5.74, 6) is -0.641. The number of carbonyl (C=O) groups is 2. The van der Waals surface area contributed by atoms with Crippen LogP contribution < -0.4 is 10.6 Å². The number of thiazole rings is 2. The molecule has 3 aromatic heterocycles. The van der Waals surface area contributed by atoms with Crippen LogP contribution in [0, 0.1) is 0 Å². The summed E-state index contributed by atoms with van der Waals surface area (Å²) in [6.07, 6.45) is 4.72. The number of benzene rings is 2. The van der Waals surface area contributed by atoms with Crippen LogP contribution in [0.25, 0.3) is 0 Å². The van der Waals surface area contributed by atoms with E-state index < -0.39 is 0 Å². The largest absolute Gasteiger partial charge is 0.297 e. The fourth-order valence-electron chi connectivity index (χ4n) is 3.45. The SMILES string of the molecule is O=C(Nc1ncc(Cc2ccccc2Cl)s1)c1ccc(C(=O)Nc2ncc(Cc3ccccc3Cl)s2)s1. The van der Waals surface area contributed by atoms with Gasteiger partial charge in [-0.05, 0) is 35.4 Å². The highest BCUT2D eigenvalue weighted by atomic mass is 35.5. The maximum absolute atomic E-state index is 12.7. The molecule has 5 rings (SSSR count). The van der Waals surface area contributed by atoms with Crippen LogP contribution in [0.15, 0.2) is 73.1 Å². The second-order valence-electron chi connectivity index (χ2n) is 7.87. The van der Waals surface area contributed by atoms with Crippen molar-refractivity contribution in [1.29, 1.82) is 0 Å². The second-order valence-corrected chi connectivity index (χ2v) is 12.0. The van der Waals surface area contributed by atoms with Gasteiger partial charge in [-0.15, -0.1) is 34.0 Å². The summed E-state index contributed by atoms with van der Waals surface area (Å²) in [5, 5.41) is 7.97. The first-order valence-corrected chi connectivity index (χ1v) is 14.2. The molecule has 186 valence electrons. The predicted molar refractivity (Wildman–Crippen MR) is 153 cm³/mol. The highest BCUT2D eigenvalue weighted by Crippen LogP contribution is 2.28. The Morgan fingerprint density at radius 3 is 1.51 bits per heavy atom. The van der Waals surface area contributed by atoms with Gasteiger partial charge in [-0.2, -0.15) is 0 Å². The van der Waals surface area contributed by atoms with Crippen molar-refractivity contribution in [3.8, 4) is 0 Å². The van der Waals surface area contributed by atoms with Gasteiger partial charge in [0.15, 0.2) is 10.3 Å². The van der Waals surface area contributed by atoms with E-state index >= 15 is 0 Å². The first-order chi connectivity index (χ1) is 17.9. The summed E-state index contributed by atoms with van der Waals surface area (Å²) in [7, 11) is 0. The zero-order valence-corrected chi connectivity index (χ0v) is 23.0. The molecule has 0 spiro atoms. The second kappa shape index (κ2) is 11.5. The molecule has 2 aromatic carbocycles. The fourth-order valence-corrected chi connectivity index (χ4v) is 6.32. The van der Waals surface area contributed by atoms with Gasteiger partial charge in [0.25, 0.3) is 11.8 Å². The smallest absolute Gasteiger partial charge is 0.267 e. The van der Waals surface area contributed by atoms with Crippen LogP contribution in [-0.4, -0.2) is 21.8 Å². The topological polar surface area (TPSA) is 84.0 Å². The molecule has 0 bridgehead atoms. The summed E-state index contributed by atoms with van der Waals surface area (Å²) < 4.78 is 0. The first-order valence-electron chi connectivity index (χ1n) is 11.0. The van der Waals surface area contributed by atoms with Gasteiger partial charge in [-0.3, -0.25) is 20.2 Å². The van der Waals surface area contributed by atoms with E-state index in [4.69, 9.17) is 23.2 Å². The van der Waals surface area contributed by atoms with E-state index in [0.29, 0.717) is 42.9 Å². The number of thiophene rings is 1. The van der Waals surface area contributed by atoms with Crippen LogP contribution in [0.5, 0.6) is 0 Å². The molecule has 0 radical (unpaired) electrons. The molecule has 0 aliphatic carbocycles. The molecule has 0 saturated carbocycles. The number of amides is 2. The minimum atomic E-state index is -0.320. The molecule has 0 aliphatic rings. The molecule has 3 heterocycles. The van der Waals surface area contributed by atoms with E-state index in [1.807, 2.05) is 48.5 Å². The van der Waals surface area contributed by atoms with Gasteiger partial charge in [0.05, 0.1) is 9.75 Å². The lowest BCUT2D eigenvalue weighted by molar-refractivity contribution is 0.102. The highest BCUT2D eigenvalue weighted by Gasteiger charge is 2.17. The lowest BCUT2D eigenvalue weighted by atomic mass is 10.1. The number of nitrogens with one attached hydrogen (secondary N) is 2. The lowest BCUT2D eigenvalue weighted by Crippen LogP contribution is -2.10. The Kier molecular flexibility index (Phi) is 7.97. The van der Waals surface area contributed by atoms with Crippen molar-refractivity contribution in [1.82, 2.24) is 9.97 Å². The van der Waals surface area contributed by atoms with Crippen molar-refractivity contribution in [2.75, 3.05) is 10.6 Å². The standard InChI is InChI=1S/C26H18Cl2N4O2S3/c27-19-7-3-1-5-15(19)11-17-13-29-25(35-17)31-23(33)21-9-10-22(37-21)24(34)32-26-30-14-18(36-26)12-16-6-2-4-8-20(16)28/h1-10,13-14H,11-12H2,(H,29,31,33)(H,30,32,34). The highest BCUT2D eigenvalue weighted by molar-refractivity contribution is 7.17. The van der Waals surface area contributed by atoms with E-state index in [1.54, 1.807) is 24.5 Å². The van der Waals surface area contributed by atoms with Crippen molar-refractivity contribution in [2.45, 2.75) is 12.8 Å². The van der Waals surface area contributed by atoms with Gasteiger partial charge in [-0.1, -0.05) is 59.6 Å². The molecular formula is C26H18Cl2N4O2S3. The van der Waals surface area contributed by atoms with Gasteiger partial charge in [0, 0.05) is 45.0 Å². The average Bonchev–Trinajstić information content (AvgIpc) is 3.64. The molecule has 6 nitrogen and oxygen atoms in total. The monoisotopic (exact) mass is 584 g/mol. The molecule has 2 N–H and O–H groups in total. The van der Waals surface area contributed by atoms with Gasteiger partial charge < -0.3 is 0 Å². The van der Waals surface area contributed by atoms with Gasteiger partial charge >= 0.3 is 0 Å². The fraction of sp³-hybridized carbons (Fsp3) is 0.0769. The number of rotatable bonds is 8. The summed E-state index contributed by atoms with van der Waals surface area (Å²) in [6.45, 7) is 0. The number of aromatic nitrogens is 2. The molecule has 0 saturated heterocycles. The Hall–Kier alpha value is -3.08. The molecule has 37 heavy (non-hydrogen) atoms. The Morgan fingerprint density at radius 2 is 1.08 bits per heavy atom. The van der Waals surface area contributed by atoms with Crippen molar-refractivity contribution < 1.29 is 9.59 Å². The molecular weight excluding hydrogens is 567 g/mol. The number of hydrogen-bond donors (Lipinski definition) is 2. The molecule has 5 aromatic rings. The van der Waals surface area contributed by atoms with E-state index in [9.17, 15) is 9.59 Å². The molecule has 0 fully saturated rings. The predicted octanol–water partition coefficient (Wildman–Crippen LogP) is 7.65. The van der Waals surface area contributed by atoms with E-state index in [-0.39, 0.29) is 11.8 Å². The van der Waals surface area contributed by atoms with Crippen molar-refractivity contribution in [3.63, 3.8) is 0 Å². The Labute approximate surface area is 235 Å². The number of halogens is 2. The minimum Gasteiger partial charge on any atom is -0.297 e. The van der Waals surface area contributed by atoms with Crippen molar-refractivity contribution >= 4 is 79.3 Å². The average molecular weight is 586 g/mol. The summed E-state index contributed by atoms with van der Waals surface area (Å²) in [6, 6.07) is 18.5. The lowest BCUT2D eigenvalue weighted by Gasteiger charge is -2.01. The molecule has 0 atom stereocenters. The zero-order valence-electron chi connectivity index (χ0n) is 19.0. The normalized spacial score (nSPS) is 10.9. The molecule has 0 unspecified atom stereocenters. The summed E-state index contributed by atoms with van der Waals surface area (Å²) in [4.78, 5) is 36.8. The van der Waals surface area contributed by atoms with Gasteiger partial charge in [0.2, 0.25) is 0 Å². The molecule has 2 amide bonds. The van der Waals surface area contributed by atoms with Crippen LogP contribution in [0.2, 0.25) is 10.0 Å². The third-order valence-electron chi connectivity index (χ3n) is 5.25. The maximum Gasteiger partial charge on any atom is 0.267 e. The molecule has 11 heteroatoms. The van der Waals surface area contributed by atoms with Crippen molar-refractivity contribution in [3.05, 3.63) is 114 Å². The zero-order chi connectivity index (χ0) is 25.8. The van der Waals surface area contributed by atoms with Crippen LogP contribution in [0.4, 0.5) is 10.3 Å². The van der Waals surface area contributed by atoms with Crippen LogP contribution in [0.1, 0.15) is 40.2 Å². The number of nitrogens with zero attached hydrogens (tertiary/aromatic N) is 2. The van der Waals surface area contributed by atoms with Crippen molar-refractivity contribution in [2.24, 2.45) is 0 Å². The van der Waals surface area contributed by atoms with Crippen LogP contribution in [-0.2, 0) is 12.8 Å². The summed E-state index contributed by atoms with van der Waals surface area (Å²) >= 11 is 16.4. The van der Waals surface area contributed by atoms with Crippen LogP contribution in [0.3, 0.4) is 0 Å². The third-order valence-corrected chi connectivity index (χ3v) is 8.89. The third kappa shape index (κ3) is 6.44. The minimum absolute atomic E-state index is 0.320. The Morgan fingerprint density at radius 1 is 0.649 bits per heavy atom.